The maximum Gasteiger partial charge on any atom is 0.233 e. The summed E-state index contributed by atoms with van der Waals surface area (Å²) in [4.78, 5) is 43.8. The molecule has 3 rings (SSSR count). The van der Waals surface area contributed by atoms with Crippen molar-refractivity contribution in [3.63, 3.8) is 0 Å². The lowest BCUT2D eigenvalue weighted by Gasteiger charge is -2.18. The third kappa shape index (κ3) is 4.27. The Morgan fingerprint density at radius 3 is 2.22 bits per heavy atom. The summed E-state index contributed by atoms with van der Waals surface area (Å²) in [7, 11) is 5.08. The number of halogens is 1. The number of hydrogen-bond acceptors (Lipinski definition) is 4. The van der Waals surface area contributed by atoms with E-state index in [1.54, 1.807) is 26.0 Å². The highest BCUT2D eigenvalue weighted by atomic mass is 127. The number of guanidine groups is 1. The van der Waals surface area contributed by atoms with E-state index in [2.05, 4.69) is 27.8 Å². The highest BCUT2D eigenvalue weighted by molar-refractivity contribution is 14.0. The molecule has 0 aromatic carbocycles. The van der Waals surface area contributed by atoms with Gasteiger partial charge in [0.1, 0.15) is 0 Å². The molecule has 2 bridgehead atoms. The summed E-state index contributed by atoms with van der Waals surface area (Å²) < 4.78 is 0. The molecule has 0 aromatic rings. The number of carbonyl (C=O) groups is 3. The van der Waals surface area contributed by atoms with E-state index in [-0.39, 0.29) is 65.4 Å². The number of likely N-dealkylation sites (tertiary alicyclic amines) is 1. The van der Waals surface area contributed by atoms with E-state index < -0.39 is 0 Å². The zero-order valence-electron chi connectivity index (χ0n) is 16.0. The second kappa shape index (κ2) is 9.03. The van der Waals surface area contributed by atoms with Gasteiger partial charge in [-0.2, -0.15) is 0 Å². The van der Waals surface area contributed by atoms with Crippen molar-refractivity contribution in [2.75, 3.05) is 40.8 Å². The maximum atomic E-state index is 12.6. The second-order valence-electron chi connectivity index (χ2n) is 7.29. The van der Waals surface area contributed by atoms with Crippen molar-refractivity contribution in [3.8, 4) is 0 Å². The average Bonchev–Trinajstić information content (AvgIpc) is 3.29. The van der Waals surface area contributed by atoms with Crippen LogP contribution in [0.1, 0.15) is 12.8 Å². The van der Waals surface area contributed by atoms with Crippen LogP contribution in [0.25, 0.3) is 0 Å². The molecule has 2 N–H and O–H groups in total. The van der Waals surface area contributed by atoms with Crippen LogP contribution in [0.3, 0.4) is 0 Å². The van der Waals surface area contributed by atoms with Crippen molar-refractivity contribution >= 4 is 47.7 Å². The molecule has 2 aliphatic carbocycles. The van der Waals surface area contributed by atoms with Crippen molar-refractivity contribution < 1.29 is 14.4 Å². The fourth-order valence-electron chi connectivity index (χ4n) is 4.20. The Bertz CT molecular complexity index is 633. The molecule has 1 saturated carbocycles. The first-order chi connectivity index (χ1) is 12.4. The fraction of sp³-hybridized carbons (Fsp3) is 0.667. The molecular formula is C18H28IN5O3. The van der Waals surface area contributed by atoms with Crippen molar-refractivity contribution in [2.45, 2.75) is 12.8 Å². The number of nitrogens with one attached hydrogen (secondary N) is 2. The van der Waals surface area contributed by atoms with Crippen LogP contribution in [0.15, 0.2) is 17.1 Å². The zero-order chi connectivity index (χ0) is 18.8. The first kappa shape index (κ1) is 21.6. The summed E-state index contributed by atoms with van der Waals surface area (Å²) >= 11 is 0. The third-order valence-corrected chi connectivity index (χ3v) is 5.54. The number of aliphatic imine (C=N–C) groups is 1. The van der Waals surface area contributed by atoms with Gasteiger partial charge in [-0.3, -0.25) is 24.3 Å². The largest absolute Gasteiger partial charge is 0.356 e. The smallest absolute Gasteiger partial charge is 0.233 e. The minimum atomic E-state index is -0.146. The van der Waals surface area contributed by atoms with E-state index in [0.717, 1.165) is 6.42 Å². The minimum absolute atomic E-state index is 0. The summed E-state index contributed by atoms with van der Waals surface area (Å²) in [6, 6.07) is 0. The zero-order valence-corrected chi connectivity index (χ0v) is 18.3. The van der Waals surface area contributed by atoms with Gasteiger partial charge >= 0.3 is 0 Å². The maximum absolute atomic E-state index is 12.6. The molecule has 0 spiro atoms. The quantitative estimate of drug-likeness (QED) is 0.181. The first-order valence-electron chi connectivity index (χ1n) is 9.12. The van der Waals surface area contributed by atoms with Gasteiger partial charge in [-0.05, 0) is 18.3 Å². The number of fused-ring (bicyclic) bond motifs is 5. The van der Waals surface area contributed by atoms with E-state index >= 15 is 0 Å². The normalized spacial score (nSPS) is 28.3. The molecular weight excluding hydrogens is 461 g/mol. The van der Waals surface area contributed by atoms with Gasteiger partial charge in [0.25, 0.3) is 0 Å². The van der Waals surface area contributed by atoms with Gasteiger partial charge in [-0.15, -0.1) is 24.0 Å². The summed E-state index contributed by atoms with van der Waals surface area (Å²) in [5.41, 5.74) is 0. The standard InChI is InChI=1S/C18H27N5O3.HI/c1-19-18(20-7-6-13(24)22(2)3)21-8-9-23-16(25)14-11-4-5-12(10-11)15(14)17(23)26;/h4-5,11-12,14-15H,6-10H2,1-3H3,(H2,19,20,21);1H. The molecule has 4 atom stereocenters. The highest BCUT2D eigenvalue weighted by Crippen LogP contribution is 2.52. The van der Waals surface area contributed by atoms with Crippen molar-refractivity contribution in [1.82, 2.24) is 20.4 Å². The van der Waals surface area contributed by atoms with Crippen LogP contribution in [0.5, 0.6) is 0 Å². The van der Waals surface area contributed by atoms with Crippen LogP contribution in [0.2, 0.25) is 0 Å². The van der Waals surface area contributed by atoms with Gasteiger partial charge in [0.15, 0.2) is 5.96 Å². The predicted octanol–water partition coefficient (Wildman–Crippen LogP) is 0.0548. The van der Waals surface area contributed by atoms with Gasteiger partial charge in [0.05, 0.1) is 11.8 Å². The van der Waals surface area contributed by atoms with Crippen molar-refractivity contribution in [2.24, 2.45) is 28.7 Å². The summed E-state index contributed by atoms with van der Waals surface area (Å²) in [6.45, 7) is 1.24. The molecule has 1 saturated heterocycles. The summed E-state index contributed by atoms with van der Waals surface area (Å²) in [5, 5.41) is 6.16. The Morgan fingerprint density at radius 1 is 1.15 bits per heavy atom. The van der Waals surface area contributed by atoms with Gasteiger partial charge in [0, 0.05) is 47.2 Å². The Hall–Kier alpha value is -1.65. The number of carbonyl (C=O) groups excluding carboxylic acids is 3. The van der Waals surface area contributed by atoms with Crippen molar-refractivity contribution in [3.05, 3.63) is 12.2 Å². The van der Waals surface area contributed by atoms with Crippen molar-refractivity contribution in [1.29, 1.82) is 0 Å². The van der Waals surface area contributed by atoms with Crippen LogP contribution in [0, 0.1) is 23.7 Å². The van der Waals surface area contributed by atoms with Crippen LogP contribution in [-0.2, 0) is 14.4 Å². The Labute approximate surface area is 176 Å². The molecule has 9 heteroatoms. The Balaban J connectivity index is 0.00000261. The first-order valence-corrected chi connectivity index (χ1v) is 9.12. The predicted molar refractivity (Wildman–Crippen MR) is 113 cm³/mol. The van der Waals surface area contributed by atoms with E-state index in [0.29, 0.717) is 32.0 Å². The second-order valence-corrected chi connectivity index (χ2v) is 7.29. The van der Waals surface area contributed by atoms with E-state index in [9.17, 15) is 14.4 Å². The lowest BCUT2D eigenvalue weighted by Crippen LogP contribution is -2.44. The molecule has 3 aliphatic rings. The SMILES string of the molecule is CN=C(NCCC(=O)N(C)C)NCCN1C(=O)C2C3C=CC(C3)C2C1=O.I. The van der Waals surface area contributed by atoms with E-state index in [1.807, 2.05) is 0 Å². The fourth-order valence-corrected chi connectivity index (χ4v) is 4.20. The number of amides is 3. The average molecular weight is 489 g/mol. The third-order valence-electron chi connectivity index (χ3n) is 5.54. The molecule has 1 heterocycles. The van der Waals surface area contributed by atoms with Gasteiger partial charge in [-0.1, -0.05) is 12.2 Å². The van der Waals surface area contributed by atoms with Crippen LogP contribution < -0.4 is 10.6 Å². The molecule has 27 heavy (non-hydrogen) atoms. The molecule has 0 aromatic heterocycles. The number of imide groups is 1. The summed E-state index contributed by atoms with van der Waals surface area (Å²) in [5.74, 6) is 0.718. The van der Waals surface area contributed by atoms with Crippen LogP contribution in [0.4, 0.5) is 0 Å². The van der Waals surface area contributed by atoms with E-state index in [1.165, 1.54) is 4.90 Å². The van der Waals surface area contributed by atoms with Gasteiger partial charge < -0.3 is 15.5 Å². The number of allylic oxidation sites excluding steroid dienone is 2. The number of nitrogens with zero attached hydrogens (tertiary/aromatic N) is 3. The minimum Gasteiger partial charge on any atom is -0.356 e. The molecule has 8 nitrogen and oxygen atoms in total. The molecule has 1 aliphatic heterocycles. The van der Waals surface area contributed by atoms with Crippen LogP contribution in [-0.4, -0.2) is 74.3 Å². The monoisotopic (exact) mass is 489 g/mol. The Kier molecular flexibility index (Phi) is 7.24. The molecule has 3 amide bonds. The topological polar surface area (TPSA) is 94.1 Å². The molecule has 150 valence electrons. The highest BCUT2D eigenvalue weighted by Gasteiger charge is 2.58. The molecule has 0 radical (unpaired) electrons. The van der Waals surface area contributed by atoms with Gasteiger partial charge in [0.2, 0.25) is 17.7 Å². The Morgan fingerprint density at radius 2 is 1.70 bits per heavy atom. The lowest BCUT2D eigenvalue weighted by molar-refractivity contribution is -0.140. The molecule has 4 unspecified atom stereocenters. The molecule has 2 fully saturated rings. The van der Waals surface area contributed by atoms with Crippen LogP contribution >= 0.6 is 24.0 Å². The van der Waals surface area contributed by atoms with Gasteiger partial charge in [-0.25, -0.2) is 0 Å². The van der Waals surface area contributed by atoms with E-state index in [4.69, 9.17) is 0 Å². The number of hydrogen-bond donors (Lipinski definition) is 2. The summed E-state index contributed by atoms with van der Waals surface area (Å²) in [6.07, 6.45) is 5.51. The lowest BCUT2D eigenvalue weighted by atomic mass is 9.85. The number of rotatable bonds is 6.